The van der Waals surface area contributed by atoms with E-state index in [0.29, 0.717) is 12.2 Å². The summed E-state index contributed by atoms with van der Waals surface area (Å²) in [7, 11) is -2.51. The molecule has 2 aromatic rings. The molecule has 0 saturated carbocycles. The van der Waals surface area contributed by atoms with Crippen molar-refractivity contribution in [1.29, 1.82) is 0 Å². The molecule has 0 saturated heterocycles. The van der Waals surface area contributed by atoms with Crippen LogP contribution < -0.4 is 10.4 Å². The van der Waals surface area contributed by atoms with Crippen molar-refractivity contribution in [3.63, 3.8) is 0 Å². The number of rotatable bonds is 10. The molecule has 0 bridgehead atoms. The summed E-state index contributed by atoms with van der Waals surface area (Å²) in [5.41, 5.74) is 0.683. The minimum absolute atomic E-state index is 0.0234. The Bertz CT molecular complexity index is 798. The van der Waals surface area contributed by atoms with E-state index in [1.54, 1.807) is 0 Å². The van der Waals surface area contributed by atoms with Gasteiger partial charge in [-0.1, -0.05) is 87.5 Å². The molecule has 0 amide bonds. The highest BCUT2D eigenvalue weighted by Crippen LogP contribution is 2.37. The fourth-order valence-corrected chi connectivity index (χ4v) is 8.84. The first kappa shape index (κ1) is 25.1. The number of carbonyl (C=O) groups is 1. The lowest BCUT2D eigenvalue weighted by Crippen LogP contribution is -2.67. The van der Waals surface area contributed by atoms with E-state index in [2.05, 4.69) is 88.4 Å². The third-order valence-corrected chi connectivity index (χ3v) is 10.8. The van der Waals surface area contributed by atoms with Crippen molar-refractivity contribution in [2.24, 2.45) is 0 Å². The SMILES string of the molecule is CCOC(=O)/C(C)=C/CCC[C@@H](C)O[Si](c1ccccc1)(c1ccccc1)C(C)(C)C. The van der Waals surface area contributed by atoms with Crippen LogP contribution in [0.15, 0.2) is 72.3 Å². The van der Waals surface area contributed by atoms with E-state index in [1.807, 2.05) is 19.9 Å². The molecule has 4 heteroatoms. The van der Waals surface area contributed by atoms with Crippen molar-refractivity contribution in [3.05, 3.63) is 72.3 Å². The average Bonchev–Trinajstić information content (AvgIpc) is 2.75. The summed E-state index contributed by atoms with van der Waals surface area (Å²) in [4.78, 5) is 11.8. The van der Waals surface area contributed by atoms with Crippen LogP contribution in [0.4, 0.5) is 0 Å². The van der Waals surface area contributed by atoms with Gasteiger partial charge >= 0.3 is 5.97 Å². The maximum atomic E-state index is 11.8. The molecule has 168 valence electrons. The lowest BCUT2D eigenvalue weighted by Gasteiger charge is -2.44. The number of benzene rings is 2. The Morgan fingerprint density at radius 1 is 1.00 bits per heavy atom. The van der Waals surface area contributed by atoms with Gasteiger partial charge in [0.25, 0.3) is 8.32 Å². The topological polar surface area (TPSA) is 35.5 Å². The average molecular weight is 439 g/mol. The second-order valence-electron chi connectivity index (χ2n) is 9.13. The van der Waals surface area contributed by atoms with Crippen LogP contribution in [0.5, 0.6) is 0 Å². The van der Waals surface area contributed by atoms with Crippen LogP contribution >= 0.6 is 0 Å². The lowest BCUT2D eigenvalue weighted by atomic mass is 10.1. The van der Waals surface area contributed by atoms with Gasteiger partial charge in [-0.15, -0.1) is 0 Å². The molecular weight excluding hydrogens is 400 g/mol. The molecule has 0 fully saturated rings. The predicted octanol–water partition coefficient (Wildman–Crippen LogP) is 5.63. The number of carbonyl (C=O) groups excluding carboxylic acids is 1. The zero-order chi connectivity index (χ0) is 22.9. The van der Waals surface area contributed by atoms with Gasteiger partial charge in [0.2, 0.25) is 0 Å². The Balaban J connectivity index is 2.22. The summed E-state index contributed by atoms with van der Waals surface area (Å²) in [6.07, 6.45) is 4.85. The molecule has 31 heavy (non-hydrogen) atoms. The lowest BCUT2D eigenvalue weighted by molar-refractivity contribution is -0.138. The van der Waals surface area contributed by atoms with Gasteiger partial charge in [0, 0.05) is 11.7 Å². The Labute approximate surface area is 189 Å². The summed E-state index contributed by atoms with van der Waals surface area (Å²) in [6, 6.07) is 21.5. The monoisotopic (exact) mass is 438 g/mol. The van der Waals surface area contributed by atoms with Gasteiger partial charge in [0.1, 0.15) is 0 Å². The van der Waals surface area contributed by atoms with E-state index in [-0.39, 0.29) is 17.1 Å². The minimum Gasteiger partial charge on any atom is -0.463 e. The van der Waals surface area contributed by atoms with E-state index < -0.39 is 8.32 Å². The van der Waals surface area contributed by atoms with Crippen molar-refractivity contribution >= 4 is 24.7 Å². The Morgan fingerprint density at radius 2 is 1.52 bits per heavy atom. The second kappa shape index (κ2) is 11.4. The quantitative estimate of drug-likeness (QED) is 0.209. The largest absolute Gasteiger partial charge is 0.463 e. The molecule has 0 heterocycles. The van der Waals surface area contributed by atoms with Crippen LogP contribution in [0.25, 0.3) is 0 Å². The van der Waals surface area contributed by atoms with E-state index >= 15 is 0 Å². The van der Waals surface area contributed by atoms with Crippen molar-refractivity contribution < 1.29 is 14.0 Å². The summed E-state index contributed by atoms with van der Waals surface area (Å²) in [6.45, 7) is 13.1. The zero-order valence-electron chi connectivity index (χ0n) is 20.0. The number of allylic oxidation sites excluding steroid dienone is 1. The molecule has 0 radical (unpaired) electrons. The number of hydrogen-bond donors (Lipinski definition) is 0. The van der Waals surface area contributed by atoms with Gasteiger partial charge in [0.05, 0.1) is 6.61 Å². The third-order valence-electron chi connectivity index (χ3n) is 5.66. The molecule has 0 aliphatic rings. The normalized spacial score (nSPS) is 13.7. The van der Waals surface area contributed by atoms with Crippen molar-refractivity contribution in [1.82, 2.24) is 0 Å². The highest BCUT2D eigenvalue weighted by molar-refractivity contribution is 6.99. The van der Waals surface area contributed by atoms with Crippen LogP contribution in [0.3, 0.4) is 0 Å². The molecule has 0 aliphatic heterocycles. The highest BCUT2D eigenvalue weighted by atomic mass is 28.4. The van der Waals surface area contributed by atoms with Crippen LogP contribution in [-0.4, -0.2) is 27.0 Å². The van der Waals surface area contributed by atoms with Gasteiger partial charge in [-0.3, -0.25) is 0 Å². The van der Waals surface area contributed by atoms with Crippen LogP contribution in [0.1, 0.15) is 60.8 Å². The first-order valence-corrected chi connectivity index (χ1v) is 13.3. The molecule has 0 spiro atoms. The maximum Gasteiger partial charge on any atom is 0.333 e. The first-order chi connectivity index (χ1) is 14.7. The summed E-state index contributed by atoms with van der Waals surface area (Å²) < 4.78 is 12.2. The number of ether oxygens (including phenoxy) is 1. The van der Waals surface area contributed by atoms with Gasteiger partial charge in [-0.2, -0.15) is 0 Å². The van der Waals surface area contributed by atoms with Crippen LogP contribution in [0, 0.1) is 0 Å². The van der Waals surface area contributed by atoms with Gasteiger partial charge < -0.3 is 9.16 Å². The fourth-order valence-electron chi connectivity index (χ4n) is 4.10. The smallest absolute Gasteiger partial charge is 0.333 e. The van der Waals surface area contributed by atoms with Gasteiger partial charge in [-0.05, 0) is 55.4 Å². The molecule has 1 atom stereocenters. The number of hydrogen-bond acceptors (Lipinski definition) is 3. The molecule has 0 N–H and O–H groups in total. The Morgan fingerprint density at radius 3 is 1.97 bits per heavy atom. The molecule has 0 aromatic heterocycles. The fraction of sp³-hybridized carbons (Fsp3) is 0.444. The van der Waals surface area contributed by atoms with E-state index in [1.165, 1.54) is 10.4 Å². The highest BCUT2D eigenvalue weighted by Gasteiger charge is 2.50. The Kier molecular flexibility index (Phi) is 9.26. The molecule has 2 aromatic carbocycles. The summed E-state index contributed by atoms with van der Waals surface area (Å²) in [5.74, 6) is -0.223. The maximum absolute atomic E-state index is 11.8. The van der Waals surface area contributed by atoms with E-state index in [0.717, 1.165) is 19.3 Å². The number of unbranched alkanes of at least 4 members (excludes halogenated alkanes) is 1. The minimum atomic E-state index is -2.51. The molecular formula is C27H38O3Si. The number of esters is 1. The zero-order valence-corrected chi connectivity index (χ0v) is 21.0. The van der Waals surface area contributed by atoms with Gasteiger partial charge in [-0.25, -0.2) is 4.79 Å². The predicted molar refractivity (Wildman–Crippen MR) is 132 cm³/mol. The molecule has 2 rings (SSSR count). The van der Waals surface area contributed by atoms with Gasteiger partial charge in [0.15, 0.2) is 0 Å². The van der Waals surface area contributed by atoms with Crippen LogP contribution in [-0.2, 0) is 14.0 Å². The third kappa shape index (κ3) is 6.41. The van der Waals surface area contributed by atoms with Crippen LogP contribution in [0.2, 0.25) is 5.04 Å². The summed E-state index contributed by atoms with van der Waals surface area (Å²) >= 11 is 0. The van der Waals surface area contributed by atoms with E-state index in [9.17, 15) is 4.79 Å². The standard InChI is InChI=1S/C27H38O3Si/c1-7-29-26(28)22(2)16-14-15-17-23(3)30-31(27(4,5)6,24-18-10-8-11-19-24)25-20-12-9-13-21-25/h8-13,16,18-21,23H,7,14-15,17H2,1-6H3/b22-16+/t23-/m1/s1. The molecule has 0 unspecified atom stereocenters. The van der Waals surface area contributed by atoms with Crippen molar-refractivity contribution in [3.8, 4) is 0 Å². The molecule has 3 nitrogen and oxygen atoms in total. The van der Waals surface area contributed by atoms with Crippen molar-refractivity contribution in [2.75, 3.05) is 6.61 Å². The second-order valence-corrected chi connectivity index (χ2v) is 13.4. The van der Waals surface area contributed by atoms with Crippen molar-refractivity contribution in [2.45, 2.75) is 71.9 Å². The first-order valence-electron chi connectivity index (χ1n) is 11.3. The molecule has 0 aliphatic carbocycles. The summed E-state index contributed by atoms with van der Waals surface area (Å²) in [5, 5.41) is 2.59. The Hall–Kier alpha value is -2.17. The van der Waals surface area contributed by atoms with E-state index in [4.69, 9.17) is 9.16 Å².